The lowest BCUT2D eigenvalue weighted by Crippen LogP contribution is -2.04. The van der Waals surface area contributed by atoms with Crippen molar-refractivity contribution < 1.29 is 4.74 Å². The van der Waals surface area contributed by atoms with Crippen LogP contribution in [-0.4, -0.2) is 23.6 Å². The van der Waals surface area contributed by atoms with Crippen molar-refractivity contribution in [2.24, 2.45) is 0 Å². The number of nitrogens with one attached hydrogen (secondary N) is 1. The van der Waals surface area contributed by atoms with Crippen molar-refractivity contribution in [1.29, 1.82) is 0 Å². The van der Waals surface area contributed by atoms with Crippen molar-refractivity contribution in [3.63, 3.8) is 0 Å². The number of nitrogens with zero attached hydrogens (tertiary/aromatic N) is 2. The average Bonchev–Trinajstić information content (AvgIpc) is 2.44. The van der Waals surface area contributed by atoms with Gasteiger partial charge in [0.25, 0.3) is 0 Å². The van der Waals surface area contributed by atoms with E-state index in [-0.39, 0.29) is 0 Å². The predicted octanol–water partition coefficient (Wildman–Crippen LogP) is 3.28. The monoisotopic (exact) mass is 257 g/mol. The second-order valence-corrected chi connectivity index (χ2v) is 4.38. The molecule has 1 aromatic carbocycles. The van der Waals surface area contributed by atoms with Gasteiger partial charge in [0.05, 0.1) is 7.11 Å². The Morgan fingerprint density at radius 1 is 1.21 bits per heavy atom. The van der Waals surface area contributed by atoms with Gasteiger partial charge in [0.1, 0.15) is 11.6 Å². The number of anilines is 1. The third-order valence-corrected chi connectivity index (χ3v) is 2.74. The summed E-state index contributed by atoms with van der Waals surface area (Å²) in [4.78, 5) is 9.02. The first-order valence-corrected chi connectivity index (χ1v) is 6.47. The van der Waals surface area contributed by atoms with Crippen LogP contribution in [0, 0.1) is 6.92 Å². The van der Waals surface area contributed by atoms with Gasteiger partial charge in [-0.3, -0.25) is 0 Å². The smallest absolute Gasteiger partial charge is 0.161 e. The van der Waals surface area contributed by atoms with E-state index in [4.69, 9.17) is 4.74 Å². The van der Waals surface area contributed by atoms with Crippen molar-refractivity contribution in [3.05, 3.63) is 36.0 Å². The Kier molecular flexibility index (Phi) is 4.34. The van der Waals surface area contributed by atoms with Crippen molar-refractivity contribution in [3.8, 4) is 17.1 Å². The second kappa shape index (κ2) is 6.18. The van der Waals surface area contributed by atoms with E-state index in [9.17, 15) is 0 Å². The molecule has 1 aromatic heterocycles. The fraction of sp³-hybridized carbons (Fsp3) is 0.333. The summed E-state index contributed by atoms with van der Waals surface area (Å²) >= 11 is 0. The van der Waals surface area contributed by atoms with E-state index in [0.717, 1.165) is 41.6 Å². The molecule has 0 atom stereocenters. The quantitative estimate of drug-likeness (QED) is 0.893. The number of methoxy groups -OCH3 is 1. The van der Waals surface area contributed by atoms with Crippen LogP contribution in [0.25, 0.3) is 11.4 Å². The van der Waals surface area contributed by atoms with Crippen molar-refractivity contribution in [1.82, 2.24) is 9.97 Å². The lowest BCUT2D eigenvalue weighted by molar-refractivity contribution is 0.415. The third-order valence-electron chi connectivity index (χ3n) is 2.74. The van der Waals surface area contributed by atoms with Crippen LogP contribution >= 0.6 is 0 Å². The van der Waals surface area contributed by atoms with Crippen LogP contribution in [0.1, 0.15) is 19.0 Å². The van der Waals surface area contributed by atoms with Crippen LogP contribution < -0.4 is 10.1 Å². The number of hydrogen-bond donors (Lipinski definition) is 1. The first kappa shape index (κ1) is 13.3. The number of benzene rings is 1. The van der Waals surface area contributed by atoms with Gasteiger partial charge in [-0.05, 0) is 25.5 Å². The minimum atomic E-state index is 0.720. The molecule has 0 spiro atoms. The predicted molar refractivity (Wildman–Crippen MR) is 77.5 cm³/mol. The Balaban J connectivity index is 2.34. The molecule has 100 valence electrons. The van der Waals surface area contributed by atoms with Gasteiger partial charge in [-0.1, -0.05) is 19.1 Å². The largest absolute Gasteiger partial charge is 0.497 e. The molecule has 0 fully saturated rings. The number of rotatable bonds is 5. The Hall–Kier alpha value is -2.10. The highest BCUT2D eigenvalue weighted by molar-refractivity contribution is 5.59. The molecule has 0 aliphatic heterocycles. The molecular formula is C15H19N3O. The molecule has 0 aliphatic carbocycles. The highest BCUT2D eigenvalue weighted by Crippen LogP contribution is 2.22. The Bertz CT molecular complexity index is 555. The Labute approximate surface area is 113 Å². The summed E-state index contributed by atoms with van der Waals surface area (Å²) in [6.07, 6.45) is 1.07. The fourth-order valence-corrected chi connectivity index (χ4v) is 1.80. The number of hydrogen-bond acceptors (Lipinski definition) is 4. The Morgan fingerprint density at radius 3 is 2.79 bits per heavy atom. The van der Waals surface area contributed by atoms with Gasteiger partial charge >= 0.3 is 0 Å². The summed E-state index contributed by atoms with van der Waals surface area (Å²) in [5.74, 6) is 2.40. The number of aryl methyl sites for hydroxylation is 1. The normalized spacial score (nSPS) is 10.3. The maximum Gasteiger partial charge on any atom is 0.161 e. The van der Waals surface area contributed by atoms with Crippen LogP contribution in [0.4, 0.5) is 5.82 Å². The molecule has 0 saturated heterocycles. The standard InChI is InChI=1S/C15H19N3O/c1-4-8-16-14-9-11(2)17-15(18-14)12-6-5-7-13(10-12)19-3/h5-7,9-10H,4,8H2,1-3H3,(H,16,17,18). The molecule has 0 unspecified atom stereocenters. The van der Waals surface area contributed by atoms with Crippen LogP contribution in [0.15, 0.2) is 30.3 Å². The van der Waals surface area contributed by atoms with Gasteiger partial charge in [-0.15, -0.1) is 0 Å². The van der Waals surface area contributed by atoms with Gasteiger partial charge in [0, 0.05) is 23.9 Å². The lowest BCUT2D eigenvalue weighted by Gasteiger charge is -2.08. The summed E-state index contributed by atoms with van der Waals surface area (Å²) in [5, 5.41) is 3.29. The summed E-state index contributed by atoms with van der Waals surface area (Å²) < 4.78 is 5.23. The van der Waals surface area contributed by atoms with E-state index in [1.165, 1.54) is 0 Å². The molecule has 2 rings (SSSR count). The summed E-state index contributed by atoms with van der Waals surface area (Å²) in [7, 11) is 1.66. The van der Waals surface area contributed by atoms with Crippen LogP contribution in [0.2, 0.25) is 0 Å². The van der Waals surface area contributed by atoms with Crippen LogP contribution in [0.5, 0.6) is 5.75 Å². The van der Waals surface area contributed by atoms with Crippen molar-refractivity contribution in [2.45, 2.75) is 20.3 Å². The van der Waals surface area contributed by atoms with E-state index in [2.05, 4.69) is 22.2 Å². The number of ether oxygens (including phenoxy) is 1. The summed E-state index contributed by atoms with van der Waals surface area (Å²) in [5.41, 5.74) is 1.91. The molecule has 2 aromatic rings. The molecule has 4 heteroatoms. The van der Waals surface area contributed by atoms with Gasteiger partial charge in [0.2, 0.25) is 0 Å². The van der Waals surface area contributed by atoms with E-state index in [1.54, 1.807) is 7.11 Å². The highest BCUT2D eigenvalue weighted by atomic mass is 16.5. The minimum Gasteiger partial charge on any atom is -0.497 e. The molecule has 1 N–H and O–H groups in total. The molecule has 19 heavy (non-hydrogen) atoms. The van der Waals surface area contributed by atoms with Crippen LogP contribution in [-0.2, 0) is 0 Å². The Morgan fingerprint density at radius 2 is 2.05 bits per heavy atom. The summed E-state index contributed by atoms with van der Waals surface area (Å²) in [6.45, 7) is 5.01. The maximum absolute atomic E-state index is 5.23. The molecule has 4 nitrogen and oxygen atoms in total. The fourth-order valence-electron chi connectivity index (χ4n) is 1.80. The average molecular weight is 257 g/mol. The second-order valence-electron chi connectivity index (χ2n) is 4.38. The number of aromatic nitrogens is 2. The topological polar surface area (TPSA) is 47.0 Å². The maximum atomic E-state index is 5.23. The SMILES string of the molecule is CCCNc1cc(C)nc(-c2cccc(OC)c2)n1. The van der Waals surface area contributed by atoms with E-state index in [0.29, 0.717) is 0 Å². The zero-order valence-electron chi connectivity index (χ0n) is 11.6. The van der Waals surface area contributed by atoms with Crippen molar-refractivity contribution in [2.75, 3.05) is 19.0 Å². The van der Waals surface area contributed by atoms with Gasteiger partial charge in [-0.2, -0.15) is 0 Å². The van der Waals surface area contributed by atoms with E-state index >= 15 is 0 Å². The molecule has 0 radical (unpaired) electrons. The molecule has 0 saturated carbocycles. The van der Waals surface area contributed by atoms with E-state index in [1.807, 2.05) is 37.3 Å². The van der Waals surface area contributed by atoms with Gasteiger partial charge < -0.3 is 10.1 Å². The van der Waals surface area contributed by atoms with Crippen LogP contribution in [0.3, 0.4) is 0 Å². The molecule has 0 bridgehead atoms. The first-order chi connectivity index (χ1) is 9.22. The third kappa shape index (κ3) is 3.44. The zero-order chi connectivity index (χ0) is 13.7. The van der Waals surface area contributed by atoms with Crippen molar-refractivity contribution >= 4 is 5.82 Å². The molecule has 0 aliphatic rings. The summed E-state index contributed by atoms with van der Waals surface area (Å²) in [6, 6.07) is 9.74. The van der Waals surface area contributed by atoms with Gasteiger partial charge in [0.15, 0.2) is 5.82 Å². The highest BCUT2D eigenvalue weighted by Gasteiger charge is 2.05. The lowest BCUT2D eigenvalue weighted by atomic mass is 10.2. The van der Waals surface area contributed by atoms with E-state index < -0.39 is 0 Å². The zero-order valence-corrected chi connectivity index (χ0v) is 11.6. The van der Waals surface area contributed by atoms with Gasteiger partial charge in [-0.25, -0.2) is 9.97 Å². The molecule has 0 amide bonds. The minimum absolute atomic E-state index is 0.720. The molecule has 1 heterocycles. The first-order valence-electron chi connectivity index (χ1n) is 6.47. The molecular weight excluding hydrogens is 238 g/mol.